The number of hydrogen-bond acceptors (Lipinski definition) is 4. The minimum absolute atomic E-state index is 0.0900. The lowest BCUT2D eigenvalue weighted by atomic mass is 9.81. The molecule has 5 nitrogen and oxygen atoms in total. The van der Waals surface area contributed by atoms with E-state index in [0.29, 0.717) is 16.9 Å². The summed E-state index contributed by atoms with van der Waals surface area (Å²) in [6.45, 7) is 0. The number of halogens is 3. The van der Waals surface area contributed by atoms with Gasteiger partial charge in [-0.15, -0.1) is 0 Å². The van der Waals surface area contributed by atoms with Crippen molar-refractivity contribution >= 4 is 40.6 Å². The molecule has 2 aromatic carbocycles. The Morgan fingerprint density at radius 3 is 2.31 bits per heavy atom. The molecule has 1 aliphatic rings. The van der Waals surface area contributed by atoms with Gasteiger partial charge in [0.25, 0.3) is 6.04 Å². The number of benzene rings is 2. The van der Waals surface area contributed by atoms with E-state index in [0.717, 1.165) is 0 Å². The monoisotopic (exact) mass is 413 g/mol. The van der Waals surface area contributed by atoms with Crippen molar-refractivity contribution in [1.29, 1.82) is 0 Å². The highest BCUT2D eigenvalue weighted by Gasteiger charge is 2.55. The molecule has 0 saturated heterocycles. The first-order valence-electron chi connectivity index (χ1n) is 7.83. The Morgan fingerprint density at radius 2 is 1.69 bits per heavy atom. The van der Waals surface area contributed by atoms with Crippen molar-refractivity contribution in [2.24, 2.45) is 0 Å². The van der Waals surface area contributed by atoms with Gasteiger partial charge in [0, 0.05) is 22.5 Å². The molecule has 3 atom stereocenters. The number of alkyl halides is 3. The third kappa shape index (κ3) is 3.80. The molecule has 0 saturated carbocycles. The lowest BCUT2D eigenvalue weighted by molar-refractivity contribution is -0.538. The van der Waals surface area contributed by atoms with Gasteiger partial charge in [0.2, 0.25) is 9.90 Å². The van der Waals surface area contributed by atoms with Gasteiger partial charge in [-0.1, -0.05) is 83.3 Å². The van der Waals surface area contributed by atoms with Gasteiger partial charge < -0.3 is 4.74 Å². The van der Waals surface area contributed by atoms with E-state index in [-0.39, 0.29) is 12.2 Å². The molecule has 26 heavy (non-hydrogen) atoms. The van der Waals surface area contributed by atoms with Crippen molar-refractivity contribution in [1.82, 2.24) is 0 Å². The highest BCUT2D eigenvalue weighted by Crippen LogP contribution is 2.46. The van der Waals surface area contributed by atoms with Gasteiger partial charge in [-0.3, -0.25) is 14.9 Å². The molecule has 0 fully saturated rings. The summed E-state index contributed by atoms with van der Waals surface area (Å²) in [4.78, 5) is 23.9. The second-order valence-corrected chi connectivity index (χ2v) is 8.36. The molecular weight excluding hydrogens is 401 g/mol. The summed E-state index contributed by atoms with van der Waals surface area (Å²) in [7, 11) is 0. The quantitative estimate of drug-likeness (QED) is 0.311. The van der Waals surface area contributed by atoms with Crippen LogP contribution in [0.4, 0.5) is 0 Å². The van der Waals surface area contributed by atoms with Crippen LogP contribution in [0.5, 0.6) is 5.75 Å². The molecule has 0 bridgehead atoms. The van der Waals surface area contributed by atoms with Crippen LogP contribution in [-0.4, -0.2) is 26.6 Å². The van der Waals surface area contributed by atoms with Gasteiger partial charge in [0.1, 0.15) is 5.75 Å². The van der Waals surface area contributed by atoms with Crippen LogP contribution in [0.1, 0.15) is 28.3 Å². The SMILES string of the molecule is O=C(C[C@@H]1c2ccccc2O[C@@H](C(Cl)(Cl)Cl)[C@@H]1[N+](=O)[O-])c1ccccc1. The molecule has 0 aliphatic carbocycles. The third-order valence-corrected chi connectivity index (χ3v) is 5.01. The Kier molecular flexibility index (Phi) is 5.42. The number of Topliss-reactive ketones (excluding diaryl/α,β-unsaturated/α-hetero) is 1. The predicted molar refractivity (Wildman–Crippen MR) is 100 cm³/mol. The smallest absolute Gasteiger partial charge is 0.260 e. The summed E-state index contributed by atoms with van der Waals surface area (Å²) in [5, 5.41) is 11.8. The van der Waals surface area contributed by atoms with Crippen LogP contribution in [0, 0.1) is 10.1 Å². The van der Waals surface area contributed by atoms with E-state index in [1.807, 2.05) is 0 Å². The van der Waals surface area contributed by atoms with Crippen LogP contribution in [0.15, 0.2) is 54.6 Å². The number of carbonyl (C=O) groups excluding carboxylic acids is 1. The number of ketones is 1. The highest BCUT2D eigenvalue weighted by atomic mass is 35.6. The summed E-state index contributed by atoms with van der Waals surface area (Å²) in [5.41, 5.74) is 1.04. The van der Waals surface area contributed by atoms with Crippen molar-refractivity contribution in [3.8, 4) is 5.75 Å². The van der Waals surface area contributed by atoms with Crippen LogP contribution >= 0.6 is 34.8 Å². The molecule has 0 N–H and O–H groups in total. The molecule has 1 heterocycles. The molecule has 0 unspecified atom stereocenters. The van der Waals surface area contributed by atoms with Crippen LogP contribution in [0.2, 0.25) is 0 Å². The molecule has 0 spiro atoms. The molecule has 0 amide bonds. The van der Waals surface area contributed by atoms with Gasteiger partial charge in [-0.05, 0) is 6.07 Å². The van der Waals surface area contributed by atoms with Crippen molar-refractivity contribution in [2.75, 3.05) is 0 Å². The topological polar surface area (TPSA) is 69.4 Å². The number of nitrogens with zero attached hydrogens (tertiary/aromatic N) is 1. The minimum Gasteiger partial charge on any atom is -0.478 e. The van der Waals surface area contributed by atoms with E-state index in [4.69, 9.17) is 39.5 Å². The Morgan fingerprint density at radius 1 is 1.08 bits per heavy atom. The van der Waals surface area contributed by atoms with Gasteiger partial charge in [-0.25, -0.2) is 0 Å². The van der Waals surface area contributed by atoms with Crippen LogP contribution in [0.3, 0.4) is 0 Å². The molecular formula is C18H14Cl3NO4. The molecule has 0 aromatic heterocycles. The zero-order valence-corrected chi connectivity index (χ0v) is 15.6. The second-order valence-electron chi connectivity index (χ2n) is 5.99. The maximum absolute atomic E-state index is 12.7. The van der Waals surface area contributed by atoms with Crippen molar-refractivity contribution < 1.29 is 14.5 Å². The zero-order valence-electron chi connectivity index (χ0n) is 13.3. The van der Waals surface area contributed by atoms with E-state index in [9.17, 15) is 14.9 Å². The summed E-state index contributed by atoms with van der Waals surface area (Å²) >= 11 is 17.9. The summed E-state index contributed by atoms with van der Waals surface area (Å²) < 4.78 is 3.62. The van der Waals surface area contributed by atoms with Gasteiger partial charge >= 0.3 is 0 Å². The Bertz CT molecular complexity index is 823. The predicted octanol–water partition coefficient (Wildman–Crippen LogP) is 4.82. The van der Waals surface area contributed by atoms with Crippen LogP contribution < -0.4 is 4.74 Å². The number of ether oxygens (including phenoxy) is 1. The maximum Gasteiger partial charge on any atom is 0.260 e. The van der Waals surface area contributed by atoms with Crippen molar-refractivity contribution in [2.45, 2.75) is 28.3 Å². The number of nitro groups is 1. The minimum atomic E-state index is -2.01. The molecule has 136 valence electrons. The lowest BCUT2D eigenvalue weighted by Gasteiger charge is -2.37. The molecule has 1 aliphatic heterocycles. The first-order chi connectivity index (χ1) is 12.3. The third-order valence-electron chi connectivity index (χ3n) is 4.36. The average Bonchev–Trinajstić information content (AvgIpc) is 2.61. The molecule has 0 radical (unpaired) electrons. The number of fused-ring (bicyclic) bond motifs is 1. The van der Waals surface area contributed by atoms with Gasteiger partial charge in [0.05, 0.1) is 5.92 Å². The number of para-hydroxylation sites is 1. The fourth-order valence-corrected chi connectivity index (χ4v) is 3.71. The Balaban J connectivity index is 2.03. The normalized spacial score (nSPS) is 22.2. The summed E-state index contributed by atoms with van der Waals surface area (Å²) in [6, 6.07) is 14.0. The largest absolute Gasteiger partial charge is 0.478 e. The number of rotatable bonds is 4. The van der Waals surface area contributed by atoms with Gasteiger partial charge in [0.15, 0.2) is 5.78 Å². The average molecular weight is 415 g/mol. The molecule has 3 rings (SSSR count). The summed E-state index contributed by atoms with van der Waals surface area (Å²) in [5.74, 6) is -0.613. The Hall–Kier alpha value is -1.82. The highest BCUT2D eigenvalue weighted by molar-refractivity contribution is 6.68. The molecule has 8 heteroatoms. The van der Waals surface area contributed by atoms with E-state index < -0.39 is 26.8 Å². The van der Waals surface area contributed by atoms with E-state index in [2.05, 4.69) is 0 Å². The summed E-state index contributed by atoms with van der Waals surface area (Å²) in [6.07, 6.45) is -1.40. The van der Waals surface area contributed by atoms with E-state index >= 15 is 0 Å². The maximum atomic E-state index is 12.7. The van der Waals surface area contributed by atoms with E-state index in [1.165, 1.54) is 0 Å². The molecule has 2 aromatic rings. The van der Waals surface area contributed by atoms with Crippen LogP contribution in [0.25, 0.3) is 0 Å². The first-order valence-corrected chi connectivity index (χ1v) is 8.96. The number of carbonyl (C=O) groups is 1. The fraction of sp³-hybridized carbons (Fsp3) is 0.278. The zero-order chi connectivity index (χ0) is 18.9. The Labute approximate surface area is 165 Å². The lowest BCUT2D eigenvalue weighted by Crippen LogP contribution is -2.52. The standard InChI is InChI=1S/C18H14Cl3NO4/c19-18(20,21)17-16(22(24)25)13(12-8-4-5-9-15(12)26-17)10-14(23)11-6-2-1-3-7-11/h1-9,13,16-17H,10H2/t13-,16-,17-/m1/s1. The van der Waals surface area contributed by atoms with Crippen LogP contribution in [-0.2, 0) is 0 Å². The van der Waals surface area contributed by atoms with Crippen molar-refractivity contribution in [3.05, 3.63) is 75.8 Å². The first kappa shape index (κ1) is 19.0. The number of hydrogen-bond donors (Lipinski definition) is 0. The second kappa shape index (κ2) is 7.43. The fourth-order valence-electron chi connectivity index (χ4n) is 3.19. The van der Waals surface area contributed by atoms with E-state index in [1.54, 1.807) is 54.6 Å². The van der Waals surface area contributed by atoms with Gasteiger partial charge in [-0.2, -0.15) is 0 Å². The van der Waals surface area contributed by atoms with Crippen molar-refractivity contribution in [3.63, 3.8) is 0 Å².